The number of rotatable bonds is 4. The van der Waals surface area contributed by atoms with Crippen LogP contribution in [0, 0.1) is 11.8 Å². The average molecular weight is 223 g/mol. The number of guanidine groups is 1. The van der Waals surface area contributed by atoms with Crippen molar-refractivity contribution in [3.05, 3.63) is 0 Å². The molecule has 0 amide bonds. The van der Waals surface area contributed by atoms with Crippen LogP contribution >= 0.6 is 0 Å². The van der Waals surface area contributed by atoms with Crippen LogP contribution < -0.4 is 11.1 Å². The number of nitrogens with one attached hydrogen (secondary N) is 1. The summed E-state index contributed by atoms with van der Waals surface area (Å²) in [6.45, 7) is 2.97. The molecule has 3 nitrogen and oxygen atoms in total. The fourth-order valence-corrected chi connectivity index (χ4v) is 2.93. The van der Waals surface area contributed by atoms with Crippen LogP contribution in [-0.2, 0) is 0 Å². The highest BCUT2D eigenvalue weighted by Crippen LogP contribution is 2.44. The molecule has 0 spiro atoms. The second-order valence-corrected chi connectivity index (χ2v) is 5.32. The third-order valence-corrected chi connectivity index (χ3v) is 3.93. The standard InChI is InChI=1S/C13H25N3/c1-2-8-15-13(14)16-12-9-11(12)10-6-4-3-5-7-10/h10-12H,2-9H2,1H3,(H3,14,15,16). The zero-order valence-corrected chi connectivity index (χ0v) is 10.4. The lowest BCUT2D eigenvalue weighted by Gasteiger charge is -2.21. The van der Waals surface area contributed by atoms with Gasteiger partial charge < -0.3 is 11.1 Å². The van der Waals surface area contributed by atoms with E-state index >= 15 is 0 Å². The fraction of sp³-hybridized carbons (Fsp3) is 0.923. The van der Waals surface area contributed by atoms with Gasteiger partial charge in [-0.1, -0.05) is 39.0 Å². The summed E-state index contributed by atoms with van der Waals surface area (Å²) in [4.78, 5) is 4.29. The fourth-order valence-electron chi connectivity index (χ4n) is 2.93. The molecule has 0 bridgehead atoms. The molecule has 0 heterocycles. The third-order valence-electron chi connectivity index (χ3n) is 3.93. The molecule has 2 fully saturated rings. The maximum absolute atomic E-state index is 5.83. The molecule has 0 radical (unpaired) electrons. The molecule has 0 aromatic rings. The number of hydrogen-bond acceptors (Lipinski definition) is 1. The molecule has 0 aromatic carbocycles. The number of hydrogen-bond donors (Lipinski definition) is 2. The number of aliphatic imine (C=N–C) groups is 1. The summed E-state index contributed by atoms with van der Waals surface area (Å²) in [7, 11) is 0. The smallest absolute Gasteiger partial charge is 0.188 e. The van der Waals surface area contributed by atoms with Crippen LogP contribution in [0.2, 0.25) is 0 Å². The second-order valence-electron chi connectivity index (χ2n) is 5.32. The van der Waals surface area contributed by atoms with E-state index in [1.807, 2.05) is 0 Å². The summed E-state index contributed by atoms with van der Waals surface area (Å²) in [5, 5.41) is 3.36. The van der Waals surface area contributed by atoms with Crippen molar-refractivity contribution in [2.45, 2.75) is 57.9 Å². The molecule has 2 aliphatic carbocycles. The Hall–Kier alpha value is -0.730. The molecule has 0 aromatic heterocycles. The lowest BCUT2D eigenvalue weighted by atomic mass is 9.85. The lowest BCUT2D eigenvalue weighted by Crippen LogP contribution is -2.35. The molecule has 3 N–H and O–H groups in total. The van der Waals surface area contributed by atoms with Gasteiger partial charge in [0.1, 0.15) is 0 Å². The van der Waals surface area contributed by atoms with Crippen molar-refractivity contribution in [1.82, 2.24) is 5.32 Å². The highest BCUT2D eigenvalue weighted by molar-refractivity contribution is 5.78. The van der Waals surface area contributed by atoms with Gasteiger partial charge in [0.05, 0.1) is 0 Å². The number of nitrogens with two attached hydrogens (primary N) is 1. The molecule has 0 saturated heterocycles. The highest BCUT2D eigenvalue weighted by Gasteiger charge is 2.43. The molecular weight excluding hydrogens is 198 g/mol. The van der Waals surface area contributed by atoms with Crippen molar-refractivity contribution in [3.8, 4) is 0 Å². The minimum atomic E-state index is 0.628. The van der Waals surface area contributed by atoms with E-state index in [0.29, 0.717) is 12.0 Å². The van der Waals surface area contributed by atoms with Crippen LogP contribution in [0.25, 0.3) is 0 Å². The van der Waals surface area contributed by atoms with E-state index in [1.165, 1.54) is 38.5 Å². The predicted molar refractivity (Wildman–Crippen MR) is 68.4 cm³/mol. The first kappa shape index (κ1) is 11.7. The SMILES string of the molecule is CCCN=C(N)NC1CC1C1CCCCC1. The first-order valence-corrected chi connectivity index (χ1v) is 6.87. The zero-order valence-electron chi connectivity index (χ0n) is 10.4. The zero-order chi connectivity index (χ0) is 11.4. The normalized spacial score (nSPS) is 31.4. The Bertz CT molecular complexity index is 244. The van der Waals surface area contributed by atoms with Gasteiger partial charge in [-0.05, 0) is 24.7 Å². The van der Waals surface area contributed by atoms with Crippen LogP contribution in [0.5, 0.6) is 0 Å². The van der Waals surface area contributed by atoms with Gasteiger partial charge in [0.25, 0.3) is 0 Å². The molecule has 92 valence electrons. The van der Waals surface area contributed by atoms with Gasteiger partial charge in [-0.15, -0.1) is 0 Å². The van der Waals surface area contributed by atoms with Crippen molar-refractivity contribution in [3.63, 3.8) is 0 Å². The Labute approximate surface area is 98.9 Å². The topological polar surface area (TPSA) is 50.4 Å². The van der Waals surface area contributed by atoms with Gasteiger partial charge in [0.15, 0.2) is 5.96 Å². The summed E-state index contributed by atoms with van der Waals surface area (Å²) in [5.41, 5.74) is 5.83. The van der Waals surface area contributed by atoms with Crippen LogP contribution in [0.4, 0.5) is 0 Å². The average Bonchev–Trinajstić information content (AvgIpc) is 3.07. The molecular formula is C13H25N3. The van der Waals surface area contributed by atoms with Gasteiger partial charge in [0, 0.05) is 12.6 Å². The van der Waals surface area contributed by atoms with E-state index in [0.717, 1.165) is 24.8 Å². The van der Waals surface area contributed by atoms with Crippen LogP contribution in [-0.4, -0.2) is 18.5 Å². The molecule has 2 saturated carbocycles. The largest absolute Gasteiger partial charge is 0.370 e. The van der Waals surface area contributed by atoms with Gasteiger partial charge in [0.2, 0.25) is 0 Å². The van der Waals surface area contributed by atoms with E-state index in [-0.39, 0.29) is 0 Å². The first-order chi connectivity index (χ1) is 7.81. The predicted octanol–water partition coefficient (Wildman–Crippen LogP) is 2.27. The minimum absolute atomic E-state index is 0.628. The Balaban J connectivity index is 1.70. The minimum Gasteiger partial charge on any atom is -0.370 e. The Morgan fingerprint density at radius 2 is 2.06 bits per heavy atom. The highest BCUT2D eigenvalue weighted by atomic mass is 15.1. The Morgan fingerprint density at radius 3 is 2.75 bits per heavy atom. The van der Waals surface area contributed by atoms with Crippen molar-refractivity contribution >= 4 is 5.96 Å². The summed E-state index contributed by atoms with van der Waals surface area (Å²) in [6, 6.07) is 0.628. The molecule has 2 aliphatic rings. The van der Waals surface area contributed by atoms with Gasteiger partial charge in [-0.2, -0.15) is 0 Å². The Morgan fingerprint density at radius 1 is 1.31 bits per heavy atom. The van der Waals surface area contributed by atoms with E-state index < -0.39 is 0 Å². The molecule has 2 unspecified atom stereocenters. The number of nitrogens with zero attached hydrogens (tertiary/aromatic N) is 1. The van der Waals surface area contributed by atoms with Gasteiger partial charge >= 0.3 is 0 Å². The summed E-state index contributed by atoms with van der Waals surface area (Å²) < 4.78 is 0. The third kappa shape index (κ3) is 3.13. The molecule has 2 atom stereocenters. The lowest BCUT2D eigenvalue weighted by molar-refractivity contribution is 0.316. The maximum Gasteiger partial charge on any atom is 0.188 e. The van der Waals surface area contributed by atoms with E-state index in [2.05, 4.69) is 17.2 Å². The van der Waals surface area contributed by atoms with Crippen LogP contribution in [0.3, 0.4) is 0 Å². The first-order valence-electron chi connectivity index (χ1n) is 6.87. The molecule has 0 aliphatic heterocycles. The van der Waals surface area contributed by atoms with Crippen LogP contribution in [0.1, 0.15) is 51.9 Å². The maximum atomic E-state index is 5.83. The van der Waals surface area contributed by atoms with Crippen molar-refractivity contribution in [2.75, 3.05) is 6.54 Å². The van der Waals surface area contributed by atoms with Crippen molar-refractivity contribution < 1.29 is 0 Å². The quantitative estimate of drug-likeness (QED) is 0.567. The van der Waals surface area contributed by atoms with Crippen molar-refractivity contribution in [2.24, 2.45) is 22.6 Å². The van der Waals surface area contributed by atoms with Gasteiger partial charge in [-0.25, -0.2) is 0 Å². The second kappa shape index (κ2) is 5.55. The van der Waals surface area contributed by atoms with E-state index in [9.17, 15) is 0 Å². The Kier molecular flexibility index (Phi) is 4.08. The summed E-state index contributed by atoms with van der Waals surface area (Å²) in [5.74, 6) is 2.51. The summed E-state index contributed by atoms with van der Waals surface area (Å²) >= 11 is 0. The summed E-state index contributed by atoms with van der Waals surface area (Å²) in [6.07, 6.45) is 9.58. The van der Waals surface area contributed by atoms with Gasteiger partial charge in [-0.3, -0.25) is 4.99 Å². The molecule has 3 heteroatoms. The van der Waals surface area contributed by atoms with Crippen LogP contribution in [0.15, 0.2) is 4.99 Å². The molecule has 16 heavy (non-hydrogen) atoms. The van der Waals surface area contributed by atoms with E-state index in [1.54, 1.807) is 0 Å². The van der Waals surface area contributed by atoms with E-state index in [4.69, 9.17) is 5.73 Å². The monoisotopic (exact) mass is 223 g/mol. The molecule has 2 rings (SSSR count). The van der Waals surface area contributed by atoms with Crippen molar-refractivity contribution in [1.29, 1.82) is 0 Å².